The molecule has 0 radical (unpaired) electrons. The monoisotopic (exact) mass is 287 g/mol. The van der Waals surface area contributed by atoms with E-state index in [4.69, 9.17) is 21.6 Å². The maximum Gasteiger partial charge on any atom is 0.134 e. The van der Waals surface area contributed by atoms with Crippen molar-refractivity contribution in [2.24, 2.45) is 0 Å². The summed E-state index contributed by atoms with van der Waals surface area (Å²) in [5, 5.41) is 19.4. The number of nitriles is 1. The minimum atomic E-state index is -0.676. The Morgan fingerprint density at radius 1 is 1.20 bits per heavy atom. The van der Waals surface area contributed by atoms with Crippen LogP contribution in [-0.4, -0.2) is 5.11 Å². The molecule has 0 saturated carbocycles. The molecule has 102 valence electrons. The zero-order valence-electron chi connectivity index (χ0n) is 11.2. The third-order valence-corrected chi connectivity index (χ3v) is 3.18. The number of benzene rings is 2. The van der Waals surface area contributed by atoms with Crippen LogP contribution in [0.25, 0.3) is 0 Å². The van der Waals surface area contributed by atoms with Gasteiger partial charge in [0.2, 0.25) is 0 Å². The van der Waals surface area contributed by atoms with Gasteiger partial charge in [0, 0.05) is 10.6 Å². The van der Waals surface area contributed by atoms with Crippen LogP contribution >= 0.6 is 11.6 Å². The zero-order chi connectivity index (χ0) is 14.7. The number of nitrogens with zero attached hydrogens (tertiary/aromatic N) is 1. The molecule has 0 amide bonds. The molecule has 1 atom stereocenters. The molecule has 1 unspecified atom stereocenters. The van der Waals surface area contributed by atoms with Gasteiger partial charge < -0.3 is 9.84 Å². The molecule has 0 spiro atoms. The summed E-state index contributed by atoms with van der Waals surface area (Å²) in [6.45, 7) is 3.54. The second-order valence-corrected chi connectivity index (χ2v) is 4.99. The first-order valence-electron chi connectivity index (χ1n) is 6.17. The van der Waals surface area contributed by atoms with Crippen LogP contribution in [0.2, 0.25) is 5.02 Å². The third-order valence-electron chi connectivity index (χ3n) is 2.95. The lowest BCUT2D eigenvalue weighted by atomic mass is 10.1. The Hall–Kier alpha value is -2.02. The van der Waals surface area contributed by atoms with Crippen molar-refractivity contribution in [1.29, 1.82) is 5.26 Å². The number of aliphatic hydroxyl groups is 1. The number of hydrogen-bond donors (Lipinski definition) is 1. The van der Waals surface area contributed by atoms with Crippen LogP contribution in [0.5, 0.6) is 11.5 Å². The lowest BCUT2D eigenvalue weighted by Gasteiger charge is -2.15. The standard InChI is InChI=1S/C16H14ClNO2/c1-10-7-13(17)4-6-15(10)20-16-8-12(9-18)3-5-14(16)11(2)19/h3-8,11,19H,1-2H3. The molecule has 0 bridgehead atoms. The maximum atomic E-state index is 9.78. The molecule has 0 saturated heterocycles. The molecule has 0 aliphatic rings. The van der Waals surface area contributed by atoms with Gasteiger partial charge in [0.1, 0.15) is 11.5 Å². The van der Waals surface area contributed by atoms with Gasteiger partial charge in [-0.1, -0.05) is 17.7 Å². The van der Waals surface area contributed by atoms with Gasteiger partial charge in [-0.05, 0) is 49.7 Å². The Labute approximate surface area is 123 Å². The van der Waals surface area contributed by atoms with E-state index in [0.717, 1.165) is 5.56 Å². The molecule has 20 heavy (non-hydrogen) atoms. The maximum absolute atomic E-state index is 9.78. The highest BCUT2D eigenvalue weighted by atomic mass is 35.5. The van der Waals surface area contributed by atoms with Crippen LogP contribution in [0, 0.1) is 18.3 Å². The third kappa shape index (κ3) is 3.11. The van der Waals surface area contributed by atoms with Gasteiger partial charge in [0.15, 0.2) is 0 Å². The Morgan fingerprint density at radius 2 is 1.95 bits per heavy atom. The lowest BCUT2D eigenvalue weighted by molar-refractivity contribution is 0.195. The number of aliphatic hydroxyl groups excluding tert-OH is 1. The van der Waals surface area contributed by atoms with Gasteiger partial charge in [-0.2, -0.15) is 5.26 Å². The van der Waals surface area contributed by atoms with Crippen molar-refractivity contribution in [2.45, 2.75) is 20.0 Å². The number of ether oxygens (including phenoxy) is 1. The molecule has 2 aromatic carbocycles. The Morgan fingerprint density at radius 3 is 2.55 bits per heavy atom. The van der Waals surface area contributed by atoms with E-state index in [-0.39, 0.29) is 0 Å². The highest BCUT2D eigenvalue weighted by Crippen LogP contribution is 2.33. The van der Waals surface area contributed by atoms with E-state index < -0.39 is 6.10 Å². The van der Waals surface area contributed by atoms with Crippen molar-refractivity contribution in [1.82, 2.24) is 0 Å². The van der Waals surface area contributed by atoms with Crippen LogP contribution in [0.3, 0.4) is 0 Å². The molecule has 0 heterocycles. The Balaban J connectivity index is 2.43. The van der Waals surface area contributed by atoms with Gasteiger partial charge in [-0.25, -0.2) is 0 Å². The zero-order valence-corrected chi connectivity index (χ0v) is 12.0. The van der Waals surface area contributed by atoms with E-state index in [1.807, 2.05) is 6.92 Å². The summed E-state index contributed by atoms with van der Waals surface area (Å²) >= 11 is 5.91. The summed E-state index contributed by atoms with van der Waals surface area (Å²) in [4.78, 5) is 0. The summed E-state index contributed by atoms with van der Waals surface area (Å²) in [5.74, 6) is 1.12. The minimum Gasteiger partial charge on any atom is -0.457 e. The van der Waals surface area contributed by atoms with E-state index in [1.165, 1.54) is 0 Å². The van der Waals surface area contributed by atoms with Gasteiger partial charge in [-0.3, -0.25) is 0 Å². The highest BCUT2D eigenvalue weighted by molar-refractivity contribution is 6.30. The van der Waals surface area contributed by atoms with Crippen molar-refractivity contribution >= 4 is 11.6 Å². The average Bonchev–Trinajstić information content (AvgIpc) is 2.41. The fraction of sp³-hybridized carbons (Fsp3) is 0.188. The molecule has 3 nitrogen and oxygen atoms in total. The van der Waals surface area contributed by atoms with Gasteiger partial charge in [0.05, 0.1) is 17.7 Å². The summed E-state index contributed by atoms with van der Waals surface area (Å²) in [6.07, 6.45) is -0.676. The molecular weight excluding hydrogens is 274 g/mol. The van der Waals surface area contributed by atoms with Crippen molar-refractivity contribution in [3.63, 3.8) is 0 Å². The van der Waals surface area contributed by atoms with Crippen molar-refractivity contribution in [2.75, 3.05) is 0 Å². The molecule has 1 N–H and O–H groups in total. The number of rotatable bonds is 3. The van der Waals surface area contributed by atoms with Crippen LogP contribution in [0.4, 0.5) is 0 Å². The smallest absolute Gasteiger partial charge is 0.134 e. The molecule has 0 aromatic heterocycles. The number of halogens is 1. The lowest BCUT2D eigenvalue weighted by Crippen LogP contribution is -1.97. The summed E-state index contributed by atoms with van der Waals surface area (Å²) in [6, 6.07) is 12.3. The first kappa shape index (κ1) is 14.4. The SMILES string of the molecule is Cc1cc(Cl)ccc1Oc1cc(C#N)ccc1C(C)O. The Bertz CT molecular complexity index is 675. The number of hydrogen-bond acceptors (Lipinski definition) is 3. The molecule has 2 rings (SSSR count). The summed E-state index contributed by atoms with van der Waals surface area (Å²) in [7, 11) is 0. The fourth-order valence-corrected chi connectivity index (χ4v) is 2.11. The van der Waals surface area contributed by atoms with E-state index in [9.17, 15) is 5.11 Å². The second kappa shape index (κ2) is 5.96. The topological polar surface area (TPSA) is 53.2 Å². The molecule has 0 aliphatic heterocycles. The average molecular weight is 288 g/mol. The molecule has 0 fully saturated rings. The highest BCUT2D eigenvalue weighted by Gasteiger charge is 2.12. The minimum absolute atomic E-state index is 0.476. The van der Waals surface area contributed by atoms with Crippen molar-refractivity contribution < 1.29 is 9.84 Å². The summed E-state index contributed by atoms with van der Waals surface area (Å²) in [5.41, 5.74) is 2.01. The van der Waals surface area contributed by atoms with Gasteiger partial charge >= 0.3 is 0 Å². The van der Waals surface area contributed by atoms with Gasteiger partial charge in [-0.15, -0.1) is 0 Å². The second-order valence-electron chi connectivity index (χ2n) is 4.55. The van der Waals surface area contributed by atoms with E-state index in [1.54, 1.807) is 43.3 Å². The summed E-state index contributed by atoms with van der Waals surface area (Å²) < 4.78 is 5.83. The van der Waals surface area contributed by atoms with E-state index in [0.29, 0.717) is 27.6 Å². The van der Waals surface area contributed by atoms with Crippen LogP contribution < -0.4 is 4.74 Å². The molecule has 2 aromatic rings. The predicted molar refractivity (Wildman–Crippen MR) is 78.1 cm³/mol. The van der Waals surface area contributed by atoms with Crippen molar-refractivity contribution in [3.8, 4) is 17.6 Å². The molecular formula is C16H14ClNO2. The first-order valence-corrected chi connectivity index (χ1v) is 6.55. The quantitative estimate of drug-likeness (QED) is 0.912. The van der Waals surface area contributed by atoms with Crippen LogP contribution in [-0.2, 0) is 0 Å². The van der Waals surface area contributed by atoms with E-state index in [2.05, 4.69) is 6.07 Å². The Kier molecular flexibility index (Phi) is 4.29. The largest absolute Gasteiger partial charge is 0.457 e. The van der Waals surface area contributed by atoms with Crippen LogP contribution in [0.15, 0.2) is 36.4 Å². The molecule has 4 heteroatoms. The van der Waals surface area contributed by atoms with Crippen molar-refractivity contribution in [3.05, 3.63) is 58.1 Å². The predicted octanol–water partition coefficient (Wildman–Crippen LogP) is 4.37. The normalized spacial score (nSPS) is 11.8. The first-order chi connectivity index (χ1) is 9.51. The van der Waals surface area contributed by atoms with Crippen LogP contribution in [0.1, 0.15) is 29.7 Å². The number of aryl methyl sites for hydroxylation is 1. The van der Waals surface area contributed by atoms with Gasteiger partial charge in [0.25, 0.3) is 0 Å². The fourth-order valence-electron chi connectivity index (χ4n) is 1.88. The van der Waals surface area contributed by atoms with E-state index >= 15 is 0 Å². The molecule has 0 aliphatic carbocycles.